The van der Waals surface area contributed by atoms with Gasteiger partial charge in [0.15, 0.2) is 0 Å². The van der Waals surface area contributed by atoms with Gasteiger partial charge >= 0.3 is 0 Å². The lowest BCUT2D eigenvalue weighted by Crippen LogP contribution is -1.74. The molecule has 15 heavy (non-hydrogen) atoms. The van der Waals surface area contributed by atoms with E-state index in [2.05, 4.69) is 0 Å². The van der Waals surface area contributed by atoms with E-state index in [1.807, 2.05) is 42.5 Å². The van der Waals surface area contributed by atoms with Crippen LogP contribution in [0, 0.1) is 11.3 Å². The van der Waals surface area contributed by atoms with Gasteiger partial charge in [0.05, 0.1) is 12.5 Å². The number of aldehydes is 1. The van der Waals surface area contributed by atoms with Gasteiger partial charge in [-0.3, -0.25) is 4.79 Å². The number of carbonyl (C=O) groups is 1. The number of nitrogens with zero attached hydrogens (tertiary/aromatic N) is 1. The first-order chi connectivity index (χ1) is 7.36. The molecule has 0 heterocycles. The Labute approximate surface area is 89.2 Å². The van der Waals surface area contributed by atoms with Crippen LogP contribution in [0.25, 0.3) is 12.2 Å². The van der Waals surface area contributed by atoms with Crippen molar-refractivity contribution in [1.82, 2.24) is 0 Å². The molecule has 0 fully saturated rings. The van der Waals surface area contributed by atoms with Gasteiger partial charge < -0.3 is 0 Å². The summed E-state index contributed by atoms with van der Waals surface area (Å²) in [5.41, 5.74) is 2.04. The maximum atomic E-state index is 10.1. The van der Waals surface area contributed by atoms with Crippen LogP contribution in [0.1, 0.15) is 17.5 Å². The zero-order chi connectivity index (χ0) is 10.9. The third kappa shape index (κ3) is 4.06. The molecule has 0 amide bonds. The van der Waals surface area contributed by atoms with Gasteiger partial charge in [-0.1, -0.05) is 42.5 Å². The van der Waals surface area contributed by atoms with Crippen LogP contribution in [0.2, 0.25) is 0 Å². The lowest BCUT2D eigenvalue weighted by Gasteiger charge is -1.94. The van der Waals surface area contributed by atoms with Crippen molar-refractivity contribution >= 4 is 18.4 Å². The topological polar surface area (TPSA) is 40.9 Å². The maximum absolute atomic E-state index is 10.1. The van der Waals surface area contributed by atoms with Gasteiger partial charge in [-0.2, -0.15) is 5.26 Å². The summed E-state index contributed by atoms with van der Waals surface area (Å²) in [6.07, 6.45) is 8.09. The fraction of sp³-hybridized carbons (Fsp3) is 0.0769. The number of rotatable bonds is 4. The highest BCUT2D eigenvalue weighted by Gasteiger charge is 1.87. The third-order valence-corrected chi connectivity index (χ3v) is 1.82. The van der Waals surface area contributed by atoms with Crippen LogP contribution in [-0.2, 0) is 4.79 Å². The van der Waals surface area contributed by atoms with Gasteiger partial charge in [0.2, 0.25) is 0 Å². The van der Waals surface area contributed by atoms with Crippen molar-refractivity contribution in [1.29, 1.82) is 5.26 Å². The molecule has 74 valence electrons. The number of hydrogen-bond donors (Lipinski definition) is 0. The van der Waals surface area contributed by atoms with E-state index in [4.69, 9.17) is 5.26 Å². The molecule has 0 N–H and O–H groups in total. The molecular formula is C13H11NO. The molecule has 0 unspecified atom stereocenters. The zero-order valence-electron chi connectivity index (χ0n) is 8.26. The zero-order valence-corrected chi connectivity index (χ0v) is 8.26. The van der Waals surface area contributed by atoms with Gasteiger partial charge in [0.1, 0.15) is 6.29 Å². The summed E-state index contributed by atoms with van der Waals surface area (Å²) in [7, 11) is 0. The third-order valence-electron chi connectivity index (χ3n) is 1.82. The summed E-state index contributed by atoms with van der Waals surface area (Å²) in [6, 6.07) is 9.77. The molecule has 0 aromatic heterocycles. The summed E-state index contributed by atoms with van der Waals surface area (Å²) in [6.45, 7) is 0. The summed E-state index contributed by atoms with van der Waals surface area (Å²) in [4.78, 5) is 10.1. The average molecular weight is 197 g/mol. The van der Waals surface area contributed by atoms with E-state index in [1.165, 1.54) is 6.08 Å². The highest BCUT2D eigenvalue weighted by molar-refractivity contribution is 5.74. The molecule has 2 nitrogen and oxygen atoms in total. The van der Waals surface area contributed by atoms with Crippen molar-refractivity contribution in [3.63, 3.8) is 0 Å². The summed E-state index contributed by atoms with van der Waals surface area (Å²) >= 11 is 0. The van der Waals surface area contributed by atoms with Gasteiger partial charge in [0.25, 0.3) is 0 Å². The van der Waals surface area contributed by atoms with Crippen LogP contribution < -0.4 is 0 Å². The standard InChI is InChI=1S/C13H11NO/c14-10-2-1-4-12-6-8-13(9-7-12)5-3-11-15/h1,3-9,11H,2H2/b4-1?,5-3+. The predicted molar refractivity (Wildman–Crippen MR) is 60.8 cm³/mol. The molecule has 0 saturated carbocycles. The highest BCUT2D eigenvalue weighted by atomic mass is 16.1. The minimum atomic E-state index is 0.423. The Kier molecular flexibility index (Phi) is 4.62. The SMILES string of the molecule is N#CCC=Cc1ccc(/C=C/C=O)cc1. The van der Waals surface area contributed by atoms with Crippen LogP contribution in [-0.4, -0.2) is 6.29 Å². The first-order valence-electron chi connectivity index (χ1n) is 4.62. The van der Waals surface area contributed by atoms with E-state index < -0.39 is 0 Å². The minimum Gasteiger partial charge on any atom is -0.299 e. The summed E-state index contributed by atoms with van der Waals surface area (Å²) in [5, 5.41) is 8.34. The van der Waals surface area contributed by atoms with E-state index in [0.717, 1.165) is 17.4 Å². The summed E-state index contributed by atoms with van der Waals surface area (Å²) < 4.78 is 0. The van der Waals surface area contributed by atoms with E-state index in [0.29, 0.717) is 6.42 Å². The van der Waals surface area contributed by atoms with Crippen molar-refractivity contribution in [3.05, 3.63) is 47.5 Å². The Balaban J connectivity index is 2.68. The Hall–Kier alpha value is -2.14. The number of benzene rings is 1. The van der Waals surface area contributed by atoms with Crippen LogP contribution >= 0.6 is 0 Å². The molecule has 0 atom stereocenters. The van der Waals surface area contributed by atoms with Crippen molar-refractivity contribution in [2.45, 2.75) is 6.42 Å². The van der Waals surface area contributed by atoms with Crippen LogP contribution in [0.4, 0.5) is 0 Å². The molecule has 0 radical (unpaired) electrons. The lowest BCUT2D eigenvalue weighted by molar-refractivity contribution is -0.104. The Morgan fingerprint density at radius 1 is 1.13 bits per heavy atom. The molecule has 0 aliphatic carbocycles. The van der Waals surface area contributed by atoms with Gasteiger partial charge in [-0.15, -0.1) is 0 Å². The van der Waals surface area contributed by atoms with Crippen LogP contribution in [0.15, 0.2) is 36.4 Å². The molecule has 1 aromatic rings. The van der Waals surface area contributed by atoms with E-state index in [9.17, 15) is 4.79 Å². The monoisotopic (exact) mass is 197 g/mol. The van der Waals surface area contributed by atoms with Crippen molar-refractivity contribution in [3.8, 4) is 6.07 Å². The van der Waals surface area contributed by atoms with E-state index >= 15 is 0 Å². The fourth-order valence-corrected chi connectivity index (χ4v) is 1.12. The normalized spacial score (nSPS) is 10.6. The molecule has 0 bridgehead atoms. The van der Waals surface area contributed by atoms with Crippen molar-refractivity contribution < 1.29 is 4.79 Å². The Morgan fingerprint density at radius 2 is 1.73 bits per heavy atom. The molecule has 1 aromatic carbocycles. The number of carbonyl (C=O) groups excluding carboxylic acids is 1. The maximum Gasteiger partial charge on any atom is 0.142 e. The molecule has 0 aliphatic rings. The smallest absolute Gasteiger partial charge is 0.142 e. The number of nitriles is 1. The largest absolute Gasteiger partial charge is 0.299 e. The fourth-order valence-electron chi connectivity index (χ4n) is 1.12. The molecule has 2 heteroatoms. The molecule has 0 spiro atoms. The first-order valence-corrected chi connectivity index (χ1v) is 4.62. The number of allylic oxidation sites excluding steroid dienone is 2. The molecular weight excluding hydrogens is 186 g/mol. The Morgan fingerprint density at radius 3 is 2.27 bits per heavy atom. The van der Waals surface area contributed by atoms with Crippen molar-refractivity contribution in [2.24, 2.45) is 0 Å². The number of hydrogen-bond acceptors (Lipinski definition) is 2. The van der Waals surface area contributed by atoms with Gasteiger partial charge in [-0.05, 0) is 17.2 Å². The Bertz CT molecular complexity index is 407. The molecule has 1 rings (SSSR count). The first kappa shape index (κ1) is 10.9. The summed E-state index contributed by atoms with van der Waals surface area (Å²) in [5.74, 6) is 0. The second-order valence-corrected chi connectivity index (χ2v) is 2.93. The molecule has 0 aliphatic heterocycles. The minimum absolute atomic E-state index is 0.423. The average Bonchev–Trinajstić information content (AvgIpc) is 2.28. The van der Waals surface area contributed by atoms with Gasteiger partial charge in [-0.25, -0.2) is 0 Å². The van der Waals surface area contributed by atoms with Crippen LogP contribution in [0.5, 0.6) is 0 Å². The molecule has 0 saturated heterocycles. The van der Waals surface area contributed by atoms with E-state index in [1.54, 1.807) is 6.08 Å². The van der Waals surface area contributed by atoms with Crippen LogP contribution in [0.3, 0.4) is 0 Å². The van der Waals surface area contributed by atoms with Crippen molar-refractivity contribution in [2.75, 3.05) is 0 Å². The predicted octanol–water partition coefficient (Wildman–Crippen LogP) is 2.83. The highest BCUT2D eigenvalue weighted by Crippen LogP contribution is 2.07. The second-order valence-electron chi connectivity index (χ2n) is 2.93. The second kappa shape index (κ2) is 6.33. The van der Waals surface area contributed by atoms with Gasteiger partial charge in [0, 0.05) is 0 Å². The van der Waals surface area contributed by atoms with E-state index in [-0.39, 0.29) is 0 Å². The lowest BCUT2D eigenvalue weighted by atomic mass is 10.1. The quantitative estimate of drug-likeness (QED) is 0.550.